The fraction of sp³-hybridized carbons (Fsp3) is 0.565. The topological polar surface area (TPSA) is 0 Å². The normalized spacial score (nSPS) is 15.1. The van der Waals surface area contributed by atoms with E-state index in [9.17, 15) is 0 Å². The largest absolute Gasteiger partial charge is 0.103 e. The minimum Gasteiger partial charge on any atom is -0.103 e. The Balaban J connectivity index is 3.57. The second-order valence-corrected chi connectivity index (χ2v) is 9.19. The number of benzene rings is 1. The van der Waals surface area contributed by atoms with Crippen LogP contribution in [0.2, 0.25) is 0 Å². The summed E-state index contributed by atoms with van der Waals surface area (Å²) in [4.78, 5) is 0. The van der Waals surface area contributed by atoms with Crippen molar-refractivity contribution in [3.05, 3.63) is 53.6 Å². The lowest BCUT2D eigenvalue weighted by atomic mass is 9.66. The molecule has 0 heteroatoms. The lowest BCUT2D eigenvalue weighted by molar-refractivity contribution is 0.214. The summed E-state index contributed by atoms with van der Waals surface area (Å²) in [5.41, 5.74) is 6.31. The summed E-state index contributed by atoms with van der Waals surface area (Å²) in [6.45, 7) is 22.7. The number of rotatable bonds is 5. The highest BCUT2D eigenvalue weighted by molar-refractivity contribution is 5.73. The molecule has 1 atom stereocenters. The van der Waals surface area contributed by atoms with E-state index in [0.717, 1.165) is 6.42 Å². The molecule has 0 saturated carbocycles. The van der Waals surface area contributed by atoms with Crippen LogP contribution < -0.4 is 0 Å². The molecule has 0 fully saturated rings. The van der Waals surface area contributed by atoms with Crippen LogP contribution in [-0.4, -0.2) is 0 Å². The van der Waals surface area contributed by atoms with Crippen LogP contribution in [0.5, 0.6) is 0 Å². The molecule has 0 spiro atoms. The van der Waals surface area contributed by atoms with Crippen LogP contribution >= 0.6 is 0 Å². The Kier molecular flexibility index (Phi) is 6.45. The Bertz CT molecular complexity index is 558. The standard InChI is InChI=1S/C23H36/c1-10-13-18(3)21(19-15-12-11-14-17(19)2)20(23(7,8)9)16-22(4,5)6/h10-12,14-15,20H,1,13,16H2,2-9H3. The summed E-state index contributed by atoms with van der Waals surface area (Å²) in [7, 11) is 0. The predicted octanol–water partition coefficient (Wildman–Crippen LogP) is 7.44. The summed E-state index contributed by atoms with van der Waals surface area (Å²) in [6.07, 6.45) is 4.18. The van der Waals surface area contributed by atoms with Crippen molar-refractivity contribution in [2.24, 2.45) is 16.7 Å². The second-order valence-electron chi connectivity index (χ2n) is 9.19. The Morgan fingerprint density at radius 3 is 2.09 bits per heavy atom. The van der Waals surface area contributed by atoms with E-state index >= 15 is 0 Å². The highest BCUT2D eigenvalue weighted by Gasteiger charge is 2.33. The first-order valence-corrected chi connectivity index (χ1v) is 8.84. The van der Waals surface area contributed by atoms with E-state index in [-0.39, 0.29) is 5.41 Å². The van der Waals surface area contributed by atoms with Crippen molar-refractivity contribution in [1.82, 2.24) is 0 Å². The van der Waals surface area contributed by atoms with E-state index in [1.165, 1.54) is 28.7 Å². The quantitative estimate of drug-likeness (QED) is 0.495. The van der Waals surface area contributed by atoms with Gasteiger partial charge < -0.3 is 0 Å². The molecular weight excluding hydrogens is 276 g/mol. The molecule has 23 heavy (non-hydrogen) atoms. The fourth-order valence-electron chi connectivity index (χ4n) is 3.37. The highest BCUT2D eigenvalue weighted by Crippen LogP contribution is 2.46. The highest BCUT2D eigenvalue weighted by atomic mass is 14.4. The molecule has 0 bridgehead atoms. The van der Waals surface area contributed by atoms with Gasteiger partial charge in [0.05, 0.1) is 0 Å². The molecule has 0 N–H and O–H groups in total. The lowest BCUT2D eigenvalue weighted by Gasteiger charge is -2.39. The maximum atomic E-state index is 3.96. The van der Waals surface area contributed by atoms with Gasteiger partial charge in [0.25, 0.3) is 0 Å². The van der Waals surface area contributed by atoms with Crippen molar-refractivity contribution in [1.29, 1.82) is 0 Å². The third-order valence-corrected chi connectivity index (χ3v) is 4.56. The van der Waals surface area contributed by atoms with Crippen LogP contribution in [0.1, 0.15) is 72.4 Å². The lowest BCUT2D eigenvalue weighted by Crippen LogP contribution is -2.27. The molecular formula is C23H36. The van der Waals surface area contributed by atoms with Gasteiger partial charge in [-0.2, -0.15) is 0 Å². The van der Waals surface area contributed by atoms with E-state index in [1.54, 1.807) is 0 Å². The van der Waals surface area contributed by atoms with Crippen molar-refractivity contribution in [3.63, 3.8) is 0 Å². The van der Waals surface area contributed by atoms with Gasteiger partial charge >= 0.3 is 0 Å². The molecule has 1 rings (SSSR count). The van der Waals surface area contributed by atoms with Crippen LogP contribution in [0.25, 0.3) is 5.57 Å². The van der Waals surface area contributed by atoms with Crippen LogP contribution in [-0.2, 0) is 0 Å². The van der Waals surface area contributed by atoms with E-state index in [2.05, 4.69) is 86.2 Å². The van der Waals surface area contributed by atoms with E-state index in [1.807, 2.05) is 6.08 Å². The summed E-state index contributed by atoms with van der Waals surface area (Å²) in [6, 6.07) is 8.82. The van der Waals surface area contributed by atoms with Gasteiger partial charge in [0, 0.05) is 0 Å². The number of hydrogen-bond donors (Lipinski definition) is 0. The minimum atomic E-state index is 0.229. The molecule has 0 aliphatic heterocycles. The van der Waals surface area contributed by atoms with E-state index in [0.29, 0.717) is 11.3 Å². The molecule has 0 aliphatic rings. The maximum Gasteiger partial charge on any atom is -0.0103 e. The van der Waals surface area contributed by atoms with Gasteiger partial charge in [0.15, 0.2) is 0 Å². The first kappa shape index (κ1) is 19.7. The minimum absolute atomic E-state index is 0.229. The molecule has 1 aromatic rings. The van der Waals surface area contributed by atoms with Crippen molar-refractivity contribution < 1.29 is 0 Å². The summed E-state index contributed by atoms with van der Waals surface area (Å²) in [5.74, 6) is 0.531. The molecule has 0 radical (unpaired) electrons. The van der Waals surface area contributed by atoms with Crippen LogP contribution in [0.4, 0.5) is 0 Å². The Morgan fingerprint density at radius 1 is 1.09 bits per heavy atom. The molecule has 0 amide bonds. The Labute approximate surface area is 144 Å². The number of allylic oxidation sites excluding steroid dienone is 3. The molecule has 0 aromatic heterocycles. The van der Waals surface area contributed by atoms with Crippen molar-refractivity contribution in [2.75, 3.05) is 0 Å². The van der Waals surface area contributed by atoms with Gasteiger partial charge in [-0.1, -0.05) is 77.5 Å². The third kappa shape index (κ3) is 5.68. The number of hydrogen-bond acceptors (Lipinski definition) is 0. The molecule has 0 heterocycles. The summed E-state index contributed by atoms with van der Waals surface area (Å²) >= 11 is 0. The third-order valence-electron chi connectivity index (χ3n) is 4.56. The first-order valence-electron chi connectivity index (χ1n) is 8.84. The van der Waals surface area contributed by atoms with Crippen LogP contribution in [0, 0.1) is 23.7 Å². The van der Waals surface area contributed by atoms with Gasteiger partial charge in [-0.15, -0.1) is 6.58 Å². The van der Waals surface area contributed by atoms with E-state index < -0.39 is 0 Å². The monoisotopic (exact) mass is 312 g/mol. The molecule has 0 nitrogen and oxygen atoms in total. The zero-order valence-corrected chi connectivity index (χ0v) is 16.6. The first-order chi connectivity index (χ1) is 10.5. The summed E-state index contributed by atoms with van der Waals surface area (Å²) in [5, 5.41) is 0. The van der Waals surface area contributed by atoms with Gasteiger partial charge in [-0.3, -0.25) is 0 Å². The van der Waals surface area contributed by atoms with E-state index in [4.69, 9.17) is 0 Å². The van der Waals surface area contributed by atoms with Crippen molar-refractivity contribution in [3.8, 4) is 0 Å². The average Bonchev–Trinajstić information content (AvgIpc) is 2.38. The van der Waals surface area contributed by atoms with Gasteiger partial charge in [-0.05, 0) is 60.1 Å². The van der Waals surface area contributed by atoms with Gasteiger partial charge in [0.2, 0.25) is 0 Å². The molecule has 128 valence electrons. The van der Waals surface area contributed by atoms with Gasteiger partial charge in [-0.25, -0.2) is 0 Å². The average molecular weight is 313 g/mol. The van der Waals surface area contributed by atoms with Crippen LogP contribution in [0.15, 0.2) is 42.5 Å². The fourth-order valence-corrected chi connectivity index (χ4v) is 3.37. The summed E-state index contributed by atoms with van der Waals surface area (Å²) < 4.78 is 0. The molecule has 1 aromatic carbocycles. The van der Waals surface area contributed by atoms with Crippen LogP contribution in [0.3, 0.4) is 0 Å². The SMILES string of the molecule is C=CCC(C)=C(c1ccccc1C)C(CC(C)(C)C)C(C)(C)C. The molecule has 1 unspecified atom stereocenters. The Hall–Kier alpha value is -1.30. The van der Waals surface area contributed by atoms with Gasteiger partial charge in [0.1, 0.15) is 0 Å². The predicted molar refractivity (Wildman–Crippen MR) is 106 cm³/mol. The molecule has 0 saturated heterocycles. The zero-order valence-electron chi connectivity index (χ0n) is 16.6. The maximum absolute atomic E-state index is 3.96. The Morgan fingerprint density at radius 2 is 1.65 bits per heavy atom. The zero-order chi connectivity index (χ0) is 17.8. The molecule has 0 aliphatic carbocycles. The smallest absolute Gasteiger partial charge is 0.0103 e. The van der Waals surface area contributed by atoms with Crippen molar-refractivity contribution >= 4 is 5.57 Å². The number of aryl methyl sites for hydroxylation is 1. The van der Waals surface area contributed by atoms with Crippen molar-refractivity contribution in [2.45, 2.75) is 68.2 Å². The second kappa shape index (κ2) is 7.51.